The van der Waals surface area contributed by atoms with Crippen LogP contribution in [0.4, 0.5) is 5.69 Å². The van der Waals surface area contributed by atoms with E-state index in [-0.39, 0.29) is 0 Å². The van der Waals surface area contributed by atoms with Gasteiger partial charge in [0.25, 0.3) is 0 Å². The molecule has 2 nitrogen and oxygen atoms in total. The Hall–Kier alpha value is -0.665. The Balaban J connectivity index is 2.89. The van der Waals surface area contributed by atoms with E-state index in [1.165, 1.54) is 0 Å². The first kappa shape index (κ1) is 7.44. The second-order valence-corrected chi connectivity index (χ2v) is 2.42. The Kier molecular flexibility index (Phi) is 2.19. The van der Waals surface area contributed by atoms with E-state index in [1.807, 2.05) is 0 Å². The third-order valence-electron chi connectivity index (χ3n) is 1.21. The molecule has 0 saturated carbocycles. The van der Waals surface area contributed by atoms with E-state index in [9.17, 15) is 0 Å². The van der Waals surface area contributed by atoms with Crippen LogP contribution >= 0.6 is 11.5 Å². The van der Waals surface area contributed by atoms with Crippen molar-refractivity contribution in [1.82, 2.24) is 0 Å². The summed E-state index contributed by atoms with van der Waals surface area (Å²) in [6.07, 6.45) is -0.930. The molecular formula is C6H7BClNO. The molecule has 10 heavy (non-hydrogen) atoms. The number of nitrogen functional groups attached to an aromatic ring is 1. The molecule has 0 heterocycles. The Bertz CT molecular complexity index is 211. The minimum atomic E-state index is -0.930. The highest BCUT2D eigenvalue weighted by Crippen LogP contribution is 1.97. The standard InChI is InChI=1S/C6H7BClNO/c8-7(10)5-1-3-6(9)4-2-5/h1-4,10H,9H2. The van der Waals surface area contributed by atoms with Crippen molar-refractivity contribution in [2.45, 2.75) is 0 Å². The van der Waals surface area contributed by atoms with Crippen molar-refractivity contribution in [3.8, 4) is 0 Å². The summed E-state index contributed by atoms with van der Waals surface area (Å²) in [6, 6.07) is 6.77. The monoisotopic (exact) mass is 155 g/mol. The zero-order chi connectivity index (χ0) is 7.56. The van der Waals surface area contributed by atoms with Gasteiger partial charge >= 0.3 is 6.33 Å². The maximum Gasteiger partial charge on any atom is 0.431 e. The molecule has 0 fully saturated rings. The smallest absolute Gasteiger partial charge is 0.431 e. The molecule has 52 valence electrons. The molecule has 0 bridgehead atoms. The summed E-state index contributed by atoms with van der Waals surface area (Å²) in [4.78, 5) is 0. The van der Waals surface area contributed by atoms with E-state index in [4.69, 9.17) is 22.2 Å². The first-order valence-electron chi connectivity index (χ1n) is 2.88. The lowest BCUT2D eigenvalue weighted by Crippen LogP contribution is -2.23. The Morgan fingerprint density at radius 3 is 2.20 bits per heavy atom. The zero-order valence-electron chi connectivity index (χ0n) is 5.29. The molecule has 0 radical (unpaired) electrons. The number of hydrogen-bond acceptors (Lipinski definition) is 2. The van der Waals surface area contributed by atoms with Crippen LogP contribution in [0.3, 0.4) is 0 Å². The molecule has 0 amide bonds. The molecule has 3 N–H and O–H groups in total. The summed E-state index contributed by atoms with van der Waals surface area (Å²) in [6.45, 7) is 0. The number of nitrogens with two attached hydrogens (primary N) is 1. The molecule has 0 spiro atoms. The molecule has 4 heteroatoms. The van der Waals surface area contributed by atoms with Crippen LogP contribution in [0.2, 0.25) is 0 Å². The second-order valence-electron chi connectivity index (χ2n) is 2.00. The van der Waals surface area contributed by atoms with Crippen LogP contribution in [-0.2, 0) is 0 Å². The van der Waals surface area contributed by atoms with Gasteiger partial charge < -0.3 is 10.8 Å². The van der Waals surface area contributed by atoms with Gasteiger partial charge in [-0.2, -0.15) is 0 Å². The minimum absolute atomic E-state index is 0.663. The van der Waals surface area contributed by atoms with E-state index < -0.39 is 6.33 Å². The normalized spacial score (nSPS) is 9.40. The fraction of sp³-hybridized carbons (Fsp3) is 0. The van der Waals surface area contributed by atoms with Crippen LogP contribution in [0.5, 0.6) is 0 Å². The quantitative estimate of drug-likeness (QED) is 0.449. The highest BCUT2D eigenvalue weighted by atomic mass is 35.5. The van der Waals surface area contributed by atoms with Gasteiger partial charge in [-0.3, -0.25) is 0 Å². The molecule has 0 aromatic heterocycles. The molecule has 0 atom stereocenters. The summed E-state index contributed by atoms with van der Waals surface area (Å²) in [5.74, 6) is 0. The first-order valence-corrected chi connectivity index (χ1v) is 3.31. The lowest BCUT2D eigenvalue weighted by molar-refractivity contribution is 0.607. The predicted octanol–water partition coefficient (Wildman–Crippen LogP) is 0.195. The molecule has 1 aromatic carbocycles. The molecule has 0 aliphatic carbocycles. The average Bonchev–Trinajstić information content (AvgIpc) is 1.88. The fourth-order valence-corrected chi connectivity index (χ4v) is 0.800. The maximum absolute atomic E-state index is 8.84. The molecular weight excluding hydrogens is 148 g/mol. The minimum Gasteiger partial charge on any atom is -0.434 e. The number of rotatable bonds is 1. The van der Waals surface area contributed by atoms with Crippen LogP contribution in [0.15, 0.2) is 24.3 Å². The van der Waals surface area contributed by atoms with Crippen LogP contribution in [0.1, 0.15) is 0 Å². The number of hydrogen-bond donors (Lipinski definition) is 2. The van der Waals surface area contributed by atoms with E-state index >= 15 is 0 Å². The largest absolute Gasteiger partial charge is 0.434 e. The van der Waals surface area contributed by atoms with Gasteiger partial charge in [0, 0.05) is 5.69 Å². The molecule has 1 aromatic rings. The van der Waals surface area contributed by atoms with Gasteiger partial charge in [-0.1, -0.05) is 12.1 Å². The van der Waals surface area contributed by atoms with Crippen molar-refractivity contribution in [3.63, 3.8) is 0 Å². The third kappa shape index (κ3) is 1.66. The molecule has 0 aliphatic heterocycles. The van der Waals surface area contributed by atoms with E-state index in [2.05, 4.69) is 0 Å². The second kappa shape index (κ2) is 2.95. The van der Waals surface area contributed by atoms with Crippen LogP contribution in [-0.4, -0.2) is 11.4 Å². The summed E-state index contributed by atoms with van der Waals surface area (Å²) in [5, 5.41) is 8.84. The average molecular weight is 155 g/mol. The van der Waals surface area contributed by atoms with Gasteiger partial charge in [-0.05, 0) is 17.6 Å². The topological polar surface area (TPSA) is 46.2 Å². The van der Waals surface area contributed by atoms with E-state index in [0.717, 1.165) is 0 Å². The van der Waals surface area contributed by atoms with Crippen molar-refractivity contribution in [1.29, 1.82) is 0 Å². The van der Waals surface area contributed by atoms with Gasteiger partial charge in [-0.15, -0.1) is 11.5 Å². The van der Waals surface area contributed by atoms with Crippen molar-refractivity contribution in [2.75, 3.05) is 5.73 Å². The van der Waals surface area contributed by atoms with Gasteiger partial charge in [-0.25, -0.2) is 0 Å². The van der Waals surface area contributed by atoms with E-state index in [1.54, 1.807) is 24.3 Å². The Labute approximate surface area is 64.6 Å². The molecule has 0 unspecified atom stereocenters. The van der Waals surface area contributed by atoms with Crippen LogP contribution < -0.4 is 11.2 Å². The summed E-state index contributed by atoms with van der Waals surface area (Å²) >= 11 is 5.37. The first-order chi connectivity index (χ1) is 4.70. The van der Waals surface area contributed by atoms with E-state index in [0.29, 0.717) is 11.2 Å². The highest BCUT2D eigenvalue weighted by molar-refractivity contribution is 7.09. The van der Waals surface area contributed by atoms with Gasteiger partial charge in [0.05, 0.1) is 0 Å². The SMILES string of the molecule is Nc1ccc(B(O)Cl)cc1. The summed E-state index contributed by atoms with van der Waals surface area (Å²) in [5.41, 5.74) is 6.73. The van der Waals surface area contributed by atoms with Gasteiger partial charge in [0.15, 0.2) is 0 Å². The molecule has 0 saturated heterocycles. The zero-order valence-corrected chi connectivity index (χ0v) is 6.05. The Morgan fingerprint density at radius 2 is 1.80 bits per heavy atom. The highest BCUT2D eigenvalue weighted by Gasteiger charge is 2.07. The van der Waals surface area contributed by atoms with Gasteiger partial charge in [0.1, 0.15) is 0 Å². The predicted molar refractivity (Wildman–Crippen MR) is 44.3 cm³/mol. The third-order valence-corrected chi connectivity index (χ3v) is 1.46. The Morgan fingerprint density at radius 1 is 1.30 bits per heavy atom. The number of benzene rings is 1. The van der Waals surface area contributed by atoms with Gasteiger partial charge in [0.2, 0.25) is 0 Å². The number of halogens is 1. The fourth-order valence-electron chi connectivity index (χ4n) is 0.655. The summed E-state index contributed by atoms with van der Waals surface area (Å²) < 4.78 is 0. The lowest BCUT2D eigenvalue weighted by atomic mass is 9.87. The van der Waals surface area contributed by atoms with Crippen molar-refractivity contribution in [3.05, 3.63) is 24.3 Å². The molecule has 1 rings (SSSR count). The molecule has 0 aliphatic rings. The van der Waals surface area contributed by atoms with Crippen molar-refractivity contribution in [2.24, 2.45) is 0 Å². The lowest BCUT2D eigenvalue weighted by Gasteiger charge is -1.97. The summed E-state index contributed by atoms with van der Waals surface area (Å²) in [7, 11) is 0. The number of anilines is 1. The maximum atomic E-state index is 8.84. The van der Waals surface area contributed by atoms with Crippen molar-refractivity contribution < 1.29 is 5.02 Å². The van der Waals surface area contributed by atoms with Crippen LogP contribution in [0.25, 0.3) is 0 Å². The van der Waals surface area contributed by atoms with Crippen LogP contribution in [0, 0.1) is 0 Å². The van der Waals surface area contributed by atoms with Crippen molar-refractivity contribution >= 4 is 28.9 Å².